The van der Waals surface area contributed by atoms with Crippen LogP contribution in [0.5, 0.6) is 0 Å². The van der Waals surface area contributed by atoms with Gasteiger partial charge < -0.3 is 31.9 Å². The van der Waals surface area contributed by atoms with E-state index in [4.69, 9.17) is 10.8 Å². The zero-order valence-electron chi connectivity index (χ0n) is 19.8. The third-order valence-corrected chi connectivity index (χ3v) is 5.66. The van der Waals surface area contributed by atoms with E-state index in [1.807, 2.05) is 26.2 Å². The van der Waals surface area contributed by atoms with Crippen LogP contribution in [0.15, 0.2) is 30.3 Å². The molecular formula is C23H36N4O6S. The van der Waals surface area contributed by atoms with Gasteiger partial charge in [-0.25, -0.2) is 4.79 Å². The van der Waals surface area contributed by atoms with Crippen LogP contribution in [0, 0.1) is 5.92 Å². The fourth-order valence-electron chi connectivity index (χ4n) is 3.16. The molecule has 4 atom stereocenters. The van der Waals surface area contributed by atoms with E-state index in [0.717, 1.165) is 5.56 Å². The Kier molecular flexibility index (Phi) is 13.2. The average molecular weight is 497 g/mol. The van der Waals surface area contributed by atoms with Gasteiger partial charge in [0, 0.05) is 6.42 Å². The summed E-state index contributed by atoms with van der Waals surface area (Å²) in [7, 11) is 0. The molecule has 0 aromatic heterocycles. The van der Waals surface area contributed by atoms with Crippen molar-refractivity contribution in [1.29, 1.82) is 0 Å². The van der Waals surface area contributed by atoms with Crippen molar-refractivity contribution in [1.82, 2.24) is 16.0 Å². The van der Waals surface area contributed by atoms with Gasteiger partial charge in [0.05, 0.1) is 6.61 Å². The summed E-state index contributed by atoms with van der Waals surface area (Å²) < 4.78 is 0. The van der Waals surface area contributed by atoms with Crippen molar-refractivity contribution in [2.75, 3.05) is 18.6 Å². The average Bonchev–Trinajstić information content (AvgIpc) is 2.80. The summed E-state index contributed by atoms with van der Waals surface area (Å²) in [5, 5.41) is 26.3. The molecular weight excluding hydrogens is 460 g/mol. The lowest BCUT2D eigenvalue weighted by molar-refractivity contribution is -0.142. The molecule has 10 nitrogen and oxygen atoms in total. The molecule has 0 saturated carbocycles. The molecule has 190 valence electrons. The highest BCUT2D eigenvalue weighted by Gasteiger charge is 2.30. The molecule has 4 unspecified atom stereocenters. The highest BCUT2D eigenvalue weighted by molar-refractivity contribution is 7.98. The predicted molar refractivity (Wildman–Crippen MR) is 131 cm³/mol. The fraction of sp³-hybridized carbons (Fsp3) is 0.565. The molecule has 0 saturated heterocycles. The quantitative estimate of drug-likeness (QED) is 0.195. The van der Waals surface area contributed by atoms with Gasteiger partial charge in [0.1, 0.15) is 24.2 Å². The van der Waals surface area contributed by atoms with Crippen LogP contribution in [0.4, 0.5) is 0 Å². The zero-order chi connectivity index (χ0) is 25.7. The van der Waals surface area contributed by atoms with Gasteiger partial charge in [0.15, 0.2) is 0 Å². The number of aliphatic carboxylic acids is 1. The molecule has 0 fully saturated rings. The monoisotopic (exact) mass is 496 g/mol. The summed E-state index contributed by atoms with van der Waals surface area (Å²) in [6.07, 6.45) is 2.48. The predicted octanol–water partition coefficient (Wildman–Crippen LogP) is -0.113. The molecule has 0 heterocycles. The Morgan fingerprint density at radius 1 is 0.941 bits per heavy atom. The van der Waals surface area contributed by atoms with Crippen LogP contribution in [0.3, 0.4) is 0 Å². The number of aliphatic hydroxyl groups excluding tert-OH is 1. The zero-order valence-corrected chi connectivity index (χ0v) is 20.6. The van der Waals surface area contributed by atoms with E-state index >= 15 is 0 Å². The van der Waals surface area contributed by atoms with Crippen LogP contribution < -0.4 is 21.7 Å². The Labute approximate surface area is 204 Å². The number of thioether (sulfide) groups is 1. The molecule has 1 aromatic carbocycles. The number of hydrogen-bond acceptors (Lipinski definition) is 7. The summed E-state index contributed by atoms with van der Waals surface area (Å²) >= 11 is 1.46. The van der Waals surface area contributed by atoms with Crippen LogP contribution in [0.2, 0.25) is 0 Å². The Hall–Kier alpha value is -2.63. The Balaban J connectivity index is 3.09. The number of carbonyl (C=O) groups excluding carboxylic acids is 3. The number of carboxylic acids is 1. The molecule has 0 bridgehead atoms. The topological polar surface area (TPSA) is 171 Å². The molecule has 1 aromatic rings. The first-order chi connectivity index (χ1) is 16.1. The van der Waals surface area contributed by atoms with Crippen LogP contribution in [-0.2, 0) is 25.6 Å². The van der Waals surface area contributed by atoms with Crippen molar-refractivity contribution in [2.45, 2.75) is 57.3 Å². The van der Waals surface area contributed by atoms with Crippen molar-refractivity contribution in [2.24, 2.45) is 11.7 Å². The molecule has 3 amide bonds. The minimum absolute atomic E-state index is 0.0331. The molecule has 0 aliphatic rings. The summed E-state index contributed by atoms with van der Waals surface area (Å²) in [5.41, 5.74) is 6.32. The lowest BCUT2D eigenvalue weighted by Gasteiger charge is -2.26. The van der Waals surface area contributed by atoms with Gasteiger partial charge in [0.25, 0.3) is 0 Å². The number of nitrogens with two attached hydrogens (primary N) is 1. The number of rotatable bonds is 15. The first-order valence-corrected chi connectivity index (χ1v) is 12.5. The third kappa shape index (κ3) is 10.5. The van der Waals surface area contributed by atoms with Gasteiger partial charge in [-0.15, -0.1) is 0 Å². The summed E-state index contributed by atoms with van der Waals surface area (Å²) in [5.74, 6) is -2.50. The second kappa shape index (κ2) is 15.3. The number of carboxylic acid groups (broad SMARTS) is 1. The van der Waals surface area contributed by atoms with Gasteiger partial charge >= 0.3 is 5.97 Å². The summed E-state index contributed by atoms with van der Waals surface area (Å²) in [6, 6.07) is 4.67. The Morgan fingerprint density at radius 3 is 2.03 bits per heavy atom. The van der Waals surface area contributed by atoms with E-state index in [2.05, 4.69) is 16.0 Å². The first kappa shape index (κ1) is 29.4. The number of benzene rings is 1. The SMILES string of the molecule is CSCCC(NC(=O)C(Cc1ccccc1)NC(=O)C(CC(C)C)NC(=O)C(N)CO)C(=O)O. The number of amides is 3. The van der Waals surface area contributed by atoms with Gasteiger partial charge in [0.2, 0.25) is 17.7 Å². The molecule has 0 aliphatic carbocycles. The lowest BCUT2D eigenvalue weighted by atomic mass is 10.0. The fourth-order valence-corrected chi connectivity index (χ4v) is 3.63. The van der Waals surface area contributed by atoms with E-state index in [0.29, 0.717) is 5.75 Å². The normalized spacial score (nSPS) is 14.5. The van der Waals surface area contributed by atoms with E-state index in [1.165, 1.54) is 11.8 Å². The van der Waals surface area contributed by atoms with Crippen LogP contribution in [-0.4, -0.2) is 76.7 Å². The molecule has 0 radical (unpaired) electrons. The standard InChI is InChI=1S/C23H36N4O6S/c1-14(2)11-18(26-20(29)16(24)13-28)21(30)27-19(12-15-7-5-4-6-8-15)22(31)25-17(23(32)33)9-10-34-3/h4-8,14,16-19,28H,9-13,24H2,1-3H3,(H,25,31)(H,26,29)(H,27,30)(H,32,33). The number of nitrogens with one attached hydrogen (secondary N) is 3. The summed E-state index contributed by atoms with van der Waals surface area (Å²) in [4.78, 5) is 49.9. The molecule has 11 heteroatoms. The van der Waals surface area contributed by atoms with Gasteiger partial charge in [-0.2, -0.15) is 11.8 Å². The smallest absolute Gasteiger partial charge is 0.326 e. The lowest BCUT2D eigenvalue weighted by Crippen LogP contribution is -2.58. The molecule has 7 N–H and O–H groups in total. The minimum Gasteiger partial charge on any atom is -0.480 e. The molecule has 0 spiro atoms. The maximum Gasteiger partial charge on any atom is 0.326 e. The van der Waals surface area contributed by atoms with E-state index in [9.17, 15) is 24.3 Å². The van der Waals surface area contributed by atoms with E-state index < -0.39 is 54.5 Å². The highest BCUT2D eigenvalue weighted by Crippen LogP contribution is 2.09. The van der Waals surface area contributed by atoms with E-state index in [-0.39, 0.29) is 25.2 Å². The molecule has 0 aliphatic heterocycles. The van der Waals surface area contributed by atoms with Crippen molar-refractivity contribution >= 4 is 35.5 Å². The van der Waals surface area contributed by atoms with E-state index in [1.54, 1.807) is 24.3 Å². The first-order valence-electron chi connectivity index (χ1n) is 11.1. The summed E-state index contributed by atoms with van der Waals surface area (Å²) in [6.45, 7) is 3.17. The number of aliphatic hydroxyl groups is 1. The largest absolute Gasteiger partial charge is 0.480 e. The van der Waals surface area contributed by atoms with Crippen molar-refractivity contribution < 1.29 is 29.4 Å². The van der Waals surface area contributed by atoms with Crippen LogP contribution >= 0.6 is 11.8 Å². The van der Waals surface area contributed by atoms with Crippen molar-refractivity contribution in [3.8, 4) is 0 Å². The maximum atomic E-state index is 13.1. The highest BCUT2D eigenvalue weighted by atomic mass is 32.2. The minimum atomic E-state index is -1.18. The Bertz CT molecular complexity index is 808. The van der Waals surface area contributed by atoms with Crippen molar-refractivity contribution in [3.63, 3.8) is 0 Å². The van der Waals surface area contributed by atoms with Crippen LogP contribution in [0.25, 0.3) is 0 Å². The second-order valence-corrected chi connectivity index (χ2v) is 9.40. The number of hydrogen-bond donors (Lipinski definition) is 6. The van der Waals surface area contributed by atoms with Gasteiger partial charge in [-0.3, -0.25) is 14.4 Å². The molecule has 1 rings (SSSR count). The van der Waals surface area contributed by atoms with Crippen LogP contribution in [0.1, 0.15) is 32.3 Å². The third-order valence-electron chi connectivity index (χ3n) is 5.01. The maximum absolute atomic E-state index is 13.1. The Morgan fingerprint density at radius 2 is 1.50 bits per heavy atom. The van der Waals surface area contributed by atoms with Gasteiger partial charge in [-0.05, 0) is 36.3 Å². The molecule has 34 heavy (non-hydrogen) atoms. The van der Waals surface area contributed by atoms with Gasteiger partial charge in [-0.1, -0.05) is 44.2 Å². The number of carbonyl (C=O) groups is 4. The second-order valence-electron chi connectivity index (χ2n) is 8.41. The van der Waals surface area contributed by atoms with Crippen molar-refractivity contribution in [3.05, 3.63) is 35.9 Å².